The summed E-state index contributed by atoms with van der Waals surface area (Å²) >= 11 is 5.97. The van der Waals surface area contributed by atoms with Crippen molar-refractivity contribution < 1.29 is 9.53 Å². The summed E-state index contributed by atoms with van der Waals surface area (Å²) in [6.07, 6.45) is 2.32. The van der Waals surface area contributed by atoms with Gasteiger partial charge in [-0.25, -0.2) is 0 Å². The maximum absolute atomic E-state index is 12.1. The predicted molar refractivity (Wildman–Crippen MR) is 85.0 cm³/mol. The second-order valence-electron chi connectivity index (χ2n) is 5.35. The van der Waals surface area contributed by atoms with E-state index in [1.54, 1.807) is 0 Å². The zero-order chi connectivity index (χ0) is 15.1. The van der Waals surface area contributed by atoms with Crippen LogP contribution in [0, 0.1) is 6.92 Å². The molecule has 1 aromatic carbocycles. The molecule has 0 radical (unpaired) electrons. The molecular weight excluding hydrogens is 288 g/mol. The summed E-state index contributed by atoms with van der Waals surface area (Å²) < 4.78 is 5.66. The lowest BCUT2D eigenvalue weighted by molar-refractivity contribution is -0.131. The highest BCUT2D eigenvalue weighted by molar-refractivity contribution is 6.31. The first-order valence-electron chi connectivity index (χ1n) is 7.54. The zero-order valence-electron chi connectivity index (χ0n) is 12.5. The van der Waals surface area contributed by atoms with Gasteiger partial charge in [0.1, 0.15) is 5.75 Å². The Morgan fingerprint density at radius 1 is 1.38 bits per heavy atom. The Labute approximate surface area is 131 Å². The molecule has 0 saturated carbocycles. The Morgan fingerprint density at radius 2 is 2.24 bits per heavy atom. The van der Waals surface area contributed by atoms with Crippen LogP contribution >= 0.6 is 11.6 Å². The minimum absolute atomic E-state index is 0.231. The van der Waals surface area contributed by atoms with Gasteiger partial charge in [0.2, 0.25) is 5.91 Å². The highest BCUT2D eigenvalue weighted by atomic mass is 35.5. The van der Waals surface area contributed by atoms with Crippen molar-refractivity contribution >= 4 is 17.5 Å². The van der Waals surface area contributed by atoms with Crippen molar-refractivity contribution in [3.63, 3.8) is 0 Å². The molecule has 1 saturated heterocycles. The highest BCUT2D eigenvalue weighted by Crippen LogP contribution is 2.21. The Balaban J connectivity index is 1.68. The number of nitrogens with zero attached hydrogens (tertiary/aromatic N) is 1. The van der Waals surface area contributed by atoms with E-state index in [1.165, 1.54) is 0 Å². The fourth-order valence-corrected chi connectivity index (χ4v) is 2.49. The van der Waals surface area contributed by atoms with Crippen molar-refractivity contribution in [1.82, 2.24) is 10.2 Å². The van der Waals surface area contributed by atoms with E-state index >= 15 is 0 Å². The van der Waals surface area contributed by atoms with Crippen LogP contribution in [-0.2, 0) is 4.79 Å². The normalized spacial score (nSPS) is 15.6. The molecule has 5 heteroatoms. The van der Waals surface area contributed by atoms with Crippen LogP contribution in [0.25, 0.3) is 0 Å². The lowest BCUT2D eigenvalue weighted by atomic mass is 10.2. The molecular formula is C16H23ClN2O2. The number of hydrogen-bond acceptors (Lipinski definition) is 3. The fraction of sp³-hybridized carbons (Fsp3) is 0.562. The number of benzene rings is 1. The van der Waals surface area contributed by atoms with Gasteiger partial charge in [0, 0.05) is 31.1 Å². The number of rotatable bonds is 5. The molecule has 1 N–H and O–H groups in total. The Bertz CT molecular complexity index is 471. The van der Waals surface area contributed by atoms with Crippen LogP contribution in [0.3, 0.4) is 0 Å². The van der Waals surface area contributed by atoms with Gasteiger partial charge in [0.05, 0.1) is 6.61 Å². The zero-order valence-corrected chi connectivity index (χ0v) is 13.3. The van der Waals surface area contributed by atoms with E-state index in [0.29, 0.717) is 13.0 Å². The van der Waals surface area contributed by atoms with Gasteiger partial charge in [-0.05, 0) is 50.1 Å². The summed E-state index contributed by atoms with van der Waals surface area (Å²) in [4.78, 5) is 14.0. The summed E-state index contributed by atoms with van der Waals surface area (Å²) in [7, 11) is 0. The predicted octanol–water partition coefficient (Wildman–Crippen LogP) is 2.63. The molecule has 4 nitrogen and oxygen atoms in total. The molecule has 0 aliphatic carbocycles. The van der Waals surface area contributed by atoms with Crippen molar-refractivity contribution in [3.8, 4) is 5.75 Å². The van der Waals surface area contributed by atoms with Gasteiger partial charge in [0.25, 0.3) is 0 Å². The van der Waals surface area contributed by atoms with E-state index in [0.717, 1.165) is 55.4 Å². The number of hydrogen-bond donors (Lipinski definition) is 1. The molecule has 1 fully saturated rings. The van der Waals surface area contributed by atoms with Gasteiger partial charge in [-0.2, -0.15) is 0 Å². The molecule has 0 bridgehead atoms. The SMILES string of the molecule is Cc1cc(OCCCC(=O)N2CCCNCC2)ccc1Cl. The van der Waals surface area contributed by atoms with Crippen molar-refractivity contribution in [2.75, 3.05) is 32.8 Å². The lowest BCUT2D eigenvalue weighted by Gasteiger charge is -2.19. The van der Waals surface area contributed by atoms with E-state index in [-0.39, 0.29) is 5.91 Å². The van der Waals surface area contributed by atoms with E-state index in [1.807, 2.05) is 30.0 Å². The quantitative estimate of drug-likeness (QED) is 0.850. The van der Waals surface area contributed by atoms with Crippen LogP contribution in [0.2, 0.25) is 5.02 Å². The maximum Gasteiger partial charge on any atom is 0.222 e. The van der Waals surface area contributed by atoms with Crippen LogP contribution in [0.15, 0.2) is 18.2 Å². The largest absolute Gasteiger partial charge is 0.494 e. The molecule has 1 aliphatic rings. The second kappa shape index (κ2) is 8.25. The molecule has 1 aliphatic heterocycles. The number of nitrogens with one attached hydrogen (secondary N) is 1. The highest BCUT2D eigenvalue weighted by Gasteiger charge is 2.14. The average molecular weight is 311 g/mol. The Morgan fingerprint density at radius 3 is 3.05 bits per heavy atom. The van der Waals surface area contributed by atoms with Crippen LogP contribution in [-0.4, -0.2) is 43.6 Å². The fourth-order valence-electron chi connectivity index (χ4n) is 2.37. The topological polar surface area (TPSA) is 41.6 Å². The summed E-state index contributed by atoms with van der Waals surface area (Å²) in [6, 6.07) is 5.61. The number of halogens is 1. The first kappa shape index (κ1) is 16.1. The molecule has 116 valence electrons. The number of amides is 1. The monoisotopic (exact) mass is 310 g/mol. The summed E-state index contributed by atoms with van der Waals surface area (Å²) in [6.45, 7) is 6.08. The smallest absolute Gasteiger partial charge is 0.222 e. The van der Waals surface area contributed by atoms with Crippen LogP contribution in [0.4, 0.5) is 0 Å². The second-order valence-corrected chi connectivity index (χ2v) is 5.75. The molecule has 1 amide bonds. The molecule has 0 atom stereocenters. The first-order chi connectivity index (χ1) is 10.2. The molecule has 1 aromatic rings. The first-order valence-corrected chi connectivity index (χ1v) is 7.92. The van der Waals surface area contributed by atoms with Crippen molar-refractivity contribution in [3.05, 3.63) is 28.8 Å². The van der Waals surface area contributed by atoms with Crippen LogP contribution in [0.1, 0.15) is 24.8 Å². The number of carbonyl (C=O) groups is 1. The summed E-state index contributed by atoms with van der Waals surface area (Å²) in [5.74, 6) is 1.04. The molecule has 0 aromatic heterocycles. The minimum Gasteiger partial charge on any atom is -0.494 e. The average Bonchev–Trinajstić information content (AvgIpc) is 2.76. The van der Waals surface area contributed by atoms with E-state index in [2.05, 4.69) is 5.32 Å². The van der Waals surface area contributed by atoms with Gasteiger partial charge >= 0.3 is 0 Å². The maximum atomic E-state index is 12.1. The standard InChI is InChI=1S/C16H23ClN2O2/c1-13-12-14(5-6-15(13)17)21-11-2-4-16(20)19-9-3-7-18-8-10-19/h5-6,12,18H,2-4,7-11H2,1H3. The third kappa shape index (κ3) is 5.21. The van der Waals surface area contributed by atoms with Crippen molar-refractivity contribution in [2.45, 2.75) is 26.2 Å². The Kier molecular flexibility index (Phi) is 6.33. The van der Waals surface area contributed by atoms with Gasteiger partial charge in [-0.15, -0.1) is 0 Å². The Hall–Kier alpha value is -1.26. The minimum atomic E-state index is 0.231. The summed E-state index contributed by atoms with van der Waals surface area (Å²) in [5.41, 5.74) is 1.00. The van der Waals surface area contributed by atoms with E-state index in [4.69, 9.17) is 16.3 Å². The van der Waals surface area contributed by atoms with E-state index < -0.39 is 0 Å². The van der Waals surface area contributed by atoms with Crippen molar-refractivity contribution in [2.24, 2.45) is 0 Å². The molecule has 21 heavy (non-hydrogen) atoms. The van der Waals surface area contributed by atoms with Gasteiger partial charge < -0.3 is 15.0 Å². The number of ether oxygens (including phenoxy) is 1. The van der Waals surface area contributed by atoms with Gasteiger partial charge in [0.15, 0.2) is 0 Å². The number of carbonyl (C=O) groups excluding carboxylic acids is 1. The lowest BCUT2D eigenvalue weighted by Crippen LogP contribution is -2.34. The molecule has 1 heterocycles. The summed E-state index contributed by atoms with van der Waals surface area (Å²) in [5, 5.41) is 4.04. The third-order valence-corrected chi connectivity index (χ3v) is 4.05. The third-order valence-electron chi connectivity index (χ3n) is 3.63. The molecule has 2 rings (SSSR count). The van der Waals surface area contributed by atoms with Crippen LogP contribution < -0.4 is 10.1 Å². The van der Waals surface area contributed by atoms with Gasteiger partial charge in [-0.3, -0.25) is 4.79 Å². The van der Waals surface area contributed by atoms with Gasteiger partial charge in [-0.1, -0.05) is 11.6 Å². The van der Waals surface area contributed by atoms with E-state index in [9.17, 15) is 4.79 Å². The van der Waals surface area contributed by atoms with Crippen LogP contribution in [0.5, 0.6) is 5.75 Å². The number of aryl methyl sites for hydroxylation is 1. The molecule has 0 spiro atoms. The molecule has 0 unspecified atom stereocenters. The van der Waals surface area contributed by atoms with Crippen molar-refractivity contribution in [1.29, 1.82) is 0 Å².